The minimum Gasteiger partial charge on any atom is -0.468 e. The molecule has 1 aromatic heterocycles. The van der Waals surface area contributed by atoms with Gasteiger partial charge in [-0.25, -0.2) is 0 Å². The van der Waals surface area contributed by atoms with Gasteiger partial charge in [0.25, 0.3) is 0 Å². The number of nitrogens with one attached hydrogen (secondary N) is 2. The number of esters is 1. The highest BCUT2D eigenvalue weighted by Gasteiger charge is 2.32. The van der Waals surface area contributed by atoms with Crippen LogP contribution in [-0.4, -0.2) is 24.1 Å². The van der Waals surface area contributed by atoms with Crippen LogP contribution in [0.2, 0.25) is 0 Å². The minimum absolute atomic E-state index is 0.181. The molecule has 0 amide bonds. The second kappa shape index (κ2) is 4.70. The third-order valence-corrected chi connectivity index (χ3v) is 3.90. The summed E-state index contributed by atoms with van der Waals surface area (Å²) in [5.74, 6) is -0.186. The number of H-pyrrole nitrogens is 1. The Bertz CT molecular complexity index is 618. The average Bonchev–Trinajstić information content (AvgIpc) is 2.84. The summed E-state index contributed by atoms with van der Waals surface area (Å²) in [5.41, 5.74) is 3.60. The Kier molecular flexibility index (Phi) is 3.03. The summed E-state index contributed by atoms with van der Waals surface area (Å²) < 4.78 is 4.87. The lowest BCUT2D eigenvalue weighted by molar-refractivity contribution is -0.143. The third-order valence-electron chi connectivity index (χ3n) is 3.90. The Balaban J connectivity index is 2.09. The summed E-state index contributed by atoms with van der Waals surface area (Å²) in [4.78, 5) is 15.3. The number of para-hydroxylation sites is 1. The highest BCUT2D eigenvalue weighted by molar-refractivity contribution is 5.87. The molecule has 4 nitrogen and oxygen atoms in total. The first-order valence-electron chi connectivity index (χ1n) is 6.68. The van der Waals surface area contributed by atoms with E-state index in [1.54, 1.807) is 0 Å². The lowest BCUT2D eigenvalue weighted by Gasteiger charge is -2.29. The highest BCUT2D eigenvalue weighted by Crippen LogP contribution is 2.33. The number of aromatic nitrogens is 1. The monoisotopic (exact) mass is 258 g/mol. The van der Waals surface area contributed by atoms with Gasteiger partial charge in [-0.15, -0.1) is 0 Å². The standard InChI is InChI=1S/C15H18N2O2/c1-3-11-14-10(8-13(16-11)15(18)19-2)9-6-4-5-7-12(9)17-14/h4-7,11,13,16-17H,3,8H2,1-2H3/t11-,13-/m0/s1. The van der Waals surface area contributed by atoms with Gasteiger partial charge in [0, 0.05) is 29.1 Å². The summed E-state index contributed by atoms with van der Waals surface area (Å²) in [6, 6.07) is 8.18. The fourth-order valence-electron chi connectivity index (χ4n) is 2.94. The number of rotatable bonds is 2. The molecule has 0 aliphatic carbocycles. The molecule has 0 spiro atoms. The normalized spacial score (nSPS) is 22.2. The van der Waals surface area contributed by atoms with Gasteiger partial charge in [0.2, 0.25) is 0 Å². The Hall–Kier alpha value is -1.81. The molecule has 100 valence electrons. The third kappa shape index (κ3) is 1.92. The number of hydrogen-bond acceptors (Lipinski definition) is 3. The molecular formula is C15H18N2O2. The molecule has 0 fully saturated rings. The van der Waals surface area contributed by atoms with Crippen molar-refractivity contribution in [3.63, 3.8) is 0 Å². The van der Waals surface area contributed by atoms with Gasteiger partial charge in [-0.3, -0.25) is 10.1 Å². The van der Waals surface area contributed by atoms with Crippen LogP contribution in [0.1, 0.15) is 30.6 Å². The lowest BCUT2D eigenvalue weighted by Crippen LogP contribution is -2.45. The molecule has 0 saturated carbocycles. The molecule has 0 saturated heterocycles. The minimum atomic E-state index is -0.248. The predicted molar refractivity (Wildman–Crippen MR) is 74.0 cm³/mol. The fraction of sp³-hybridized carbons (Fsp3) is 0.400. The summed E-state index contributed by atoms with van der Waals surface area (Å²) in [6.45, 7) is 2.12. The zero-order valence-corrected chi connectivity index (χ0v) is 11.2. The van der Waals surface area contributed by atoms with E-state index in [0.717, 1.165) is 11.9 Å². The van der Waals surface area contributed by atoms with Gasteiger partial charge in [0.05, 0.1) is 7.11 Å². The summed E-state index contributed by atoms with van der Waals surface area (Å²) in [5, 5.41) is 4.58. The van der Waals surface area contributed by atoms with E-state index in [2.05, 4.69) is 29.4 Å². The van der Waals surface area contributed by atoms with Crippen molar-refractivity contribution in [3.8, 4) is 0 Å². The molecule has 1 aromatic carbocycles. The van der Waals surface area contributed by atoms with Crippen molar-refractivity contribution in [1.29, 1.82) is 0 Å². The number of aromatic amines is 1. The Morgan fingerprint density at radius 3 is 2.95 bits per heavy atom. The molecule has 0 bridgehead atoms. The van der Waals surface area contributed by atoms with Crippen molar-refractivity contribution in [1.82, 2.24) is 10.3 Å². The van der Waals surface area contributed by atoms with Crippen LogP contribution in [0.25, 0.3) is 10.9 Å². The number of fused-ring (bicyclic) bond motifs is 3. The number of carbonyl (C=O) groups is 1. The smallest absolute Gasteiger partial charge is 0.323 e. The fourth-order valence-corrected chi connectivity index (χ4v) is 2.94. The quantitative estimate of drug-likeness (QED) is 0.813. The Morgan fingerprint density at radius 2 is 2.21 bits per heavy atom. The van der Waals surface area contributed by atoms with Crippen molar-refractivity contribution < 1.29 is 9.53 Å². The molecular weight excluding hydrogens is 240 g/mol. The molecule has 4 heteroatoms. The number of carbonyl (C=O) groups excluding carboxylic acids is 1. The van der Waals surface area contributed by atoms with E-state index in [0.29, 0.717) is 6.42 Å². The van der Waals surface area contributed by atoms with Crippen molar-refractivity contribution in [2.24, 2.45) is 0 Å². The van der Waals surface area contributed by atoms with Gasteiger partial charge in [-0.2, -0.15) is 0 Å². The lowest BCUT2D eigenvalue weighted by atomic mass is 9.93. The molecule has 1 aliphatic rings. The second-order valence-electron chi connectivity index (χ2n) is 4.97. The predicted octanol–water partition coefficient (Wildman–Crippen LogP) is 2.31. The molecule has 1 aliphatic heterocycles. The van der Waals surface area contributed by atoms with Crippen LogP contribution in [-0.2, 0) is 16.0 Å². The summed E-state index contributed by atoms with van der Waals surface area (Å²) in [7, 11) is 1.44. The molecule has 2 atom stereocenters. The van der Waals surface area contributed by atoms with E-state index in [4.69, 9.17) is 4.74 Å². The van der Waals surface area contributed by atoms with Crippen LogP contribution in [0.3, 0.4) is 0 Å². The molecule has 2 aromatic rings. The maximum atomic E-state index is 11.8. The molecule has 2 heterocycles. The van der Waals surface area contributed by atoms with Crippen LogP contribution in [0.15, 0.2) is 24.3 Å². The van der Waals surface area contributed by atoms with Crippen LogP contribution < -0.4 is 5.32 Å². The largest absolute Gasteiger partial charge is 0.468 e. The van der Waals surface area contributed by atoms with Crippen molar-refractivity contribution in [2.45, 2.75) is 31.8 Å². The number of methoxy groups -OCH3 is 1. The molecule has 19 heavy (non-hydrogen) atoms. The second-order valence-corrected chi connectivity index (χ2v) is 4.97. The van der Waals surface area contributed by atoms with Crippen molar-refractivity contribution in [3.05, 3.63) is 35.5 Å². The SMILES string of the molecule is CC[C@@H]1N[C@H](C(=O)OC)Cc2c1[nH]c1ccccc21. The van der Waals surface area contributed by atoms with E-state index in [9.17, 15) is 4.79 Å². The van der Waals surface area contributed by atoms with Crippen LogP contribution in [0.5, 0.6) is 0 Å². The van der Waals surface area contributed by atoms with Crippen LogP contribution in [0.4, 0.5) is 0 Å². The van der Waals surface area contributed by atoms with Crippen molar-refractivity contribution >= 4 is 16.9 Å². The number of ether oxygens (including phenoxy) is 1. The molecule has 3 rings (SSSR count). The van der Waals surface area contributed by atoms with Crippen LogP contribution >= 0.6 is 0 Å². The number of hydrogen-bond donors (Lipinski definition) is 2. The zero-order chi connectivity index (χ0) is 13.4. The van der Waals surface area contributed by atoms with Gasteiger partial charge >= 0.3 is 5.97 Å². The van der Waals surface area contributed by atoms with Gasteiger partial charge in [-0.05, 0) is 18.1 Å². The topological polar surface area (TPSA) is 54.1 Å². The van der Waals surface area contributed by atoms with E-state index in [-0.39, 0.29) is 18.1 Å². The first-order chi connectivity index (χ1) is 9.24. The van der Waals surface area contributed by atoms with E-state index in [1.807, 2.05) is 12.1 Å². The van der Waals surface area contributed by atoms with Gasteiger partial charge in [0.15, 0.2) is 0 Å². The highest BCUT2D eigenvalue weighted by atomic mass is 16.5. The number of benzene rings is 1. The first kappa shape index (κ1) is 12.2. The summed E-state index contributed by atoms with van der Waals surface area (Å²) >= 11 is 0. The molecule has 0 radical (unpaired) electrons. The molecule has 0 unspecified atom stereocenters. The average molecular weight is 258 g/mol. The van der Waals surface area contributed by atoms with E-state index < -0.39 is 0 Å². The van der Waals surface area contributed by atoms with Gasteiger partial charge in [-0.1, -0.05) is 25.1 Å². The zero-order valence-electron chi connectivity index (χ0n) is 11.2. The van der Waals surface area contributed by atoms with E-state index in [1.165, 1.54) is 23.8 Å². The Labute approximate surface area is 112 Å². The van der Waals surface area contributed by atoms with Crippen molar-refractivity contribution in [2.75, 3.05) is 7.11 Å². The van der Waals surface area contributed by atoms with E-state index >= 15 is 0 Å². The van der Waals surface area contributed by atoms with Crippen LogP contribution in [0, 0.1) is 0 Å². The maximum absolute atomic E-state index is 11.8. The Morgan fingerprint density at radius 1 is 1.42 bits per heavy atom. The van der Waals surface area contributed by atoms with Gasteiger partial charge < -0.3 is 9.72 Å². The molecule has 2 N–H and O–H groups in total. The maximum Gasteiger partial charge on any atom is 0.323 e. The van der Waals surface area contributed by atoms with Gasteiger partial charge in [0.1, 0.15) is 6.04 Å². The summed E-state index contributed by atoms with van der Waals surface area (Å²) in [6.07, 6.45) is 1.62. The first-order valence-corrected chi connectivity index (χ1v) is 6.68.